The molecule has 2 fully saturated rings. The van der Waals surface area contributed by atoms with Gasteiger partial charge in [-0.05, 0) is 42.5 Å². The van der Waals surface area contributed by atoms with Gasteiger partial charge in [0.15, 0.2) is 0 Å². The quantitative estimate of drug-likeness (QED) is 0.834. The molecule has 6 nitrogen and oxygen atoms in total. The lowest BCUT2D eigenvalue weighted by Gasteiger charge is -2.38. The maximum Gasteiger partial charge on any atom is 0.501 e. The molecule has 0 aromatic heterocycles. The SMILES string of the molecule is O=C1CC2(CCN(C(=O)c3ccc(S(=O)(=O)C(F)(F)F)cc3)CC2)CN1. The largest absolute Gasteiger partial charge is 0.501 e. The summed E-state index contributed by atoms with van der Waals surface area (Å²) in [6.45, 7) is 1.48. The Bertz CT molecular complexity index is 826. The third-order valence-electron chi connectivity index (χ3n) is 5.02. The zero-order valence-electron chi connectivity index (χ0n) is 13.7. The van der Waals surface area contributed by atoms with Crippen molar-refractivity contribution in [1.82, 2.24) is 10.2 Å². The van der Waals surface area contributed by atoms with Gasteiger partial charge in [-0.15, -0.1) is 0 Å². The number of amides is 2. The Balaban J connectivity index is 1.69. The highest BCUT2D eigenvalue weighted by Gasteiger charge is 2.47. The van der Waals surface area contributed by atoms with Crippen LogP contribution in [0.3, 0.4) is 0 Å². The molecule has 2 amide bonds. The van der Waals surface area contributed by atoms with Gasteiger partial charge in [0.25, 0.3) is 15.7 Å². The fraction of sp³-hybridized carbons (Fsp3) is 0.500. The first-order valence-electron chi connectivity index (χ1n) is 8.02. The molecule has 2 heterocycles. The molecule has 0 aliphatic carbocycles. The molecule has 1 spiro atoms. The number of benzene rings is 1. The van der Waals surface area contributed by atoms with Crippen LogP contribution >= 0.6 is 0 Å². The van der Waals surface area contributed by atoms with E-state index in [4.69, 9.17) is 0 Å². The Morgan fingerprint density at radius 1 is 1.12 bits per heavy atom. The Labute approximate surface area is 148 Å². The molecule has 142 valence electrons. The Morgan fingerprint density at radius 3 is 2.15 bits per heavy atom. The van der Waals surface area contributed by atoms with E-state index in [1.165, 1.54) is 0 Å². The van der Waals surface area contributed by atoms with Crippen molar-refractivity contribution in [3.8, 4) is 0 Å². The first-order chi connectivity index (χ1) is 12.0. The molecule has 0 bridgehead atoms. The second kappa shape index (κ2) is 6.26. The number of nitrogens with zero attached hydrogens (tertiary/aromatic N) is 1. The summed E-state index contributed by atoms with van der Waals surface area (Å²) >= 11 is 0. The number of hydrogen-bond donors (Lipinski definition) is 1. The van der Waals surface area contributed by atoms with Crippen LogP contribution in [-0.4, -0.2) is 50.3 Å². The molecule has 26 heavy (non-hydrogen) atoms. The standard InChI is InChI=1S/C16H17F3N2O4S/c17-16(18,19)26(24,25)12-3-1-11(2-4-12)14(23)21-7-5-15(6-8-21)9-13(22)20-10-15/h1-4H,5-10H2,(H,20,22). The summed E-state index contributed by atoms with van der Waals surface area (Å²) < 4.78 is 60.4. The smallest absolute Gasteiger partial charge is 0.356 e. The molecule has 1 aromatic carbocycles. The van der Waals surface area contributed by atoms with Crippen molar-refractivity contribution >= 4 is 21.7 Å². The predicted octanol–water partition coefficient (Wildman–Crippen LogP) is 1.72. The summed E-state index contributed by atoms with van der Waals surface area (Å²) in [6, 6.07) is 3.76. The maximum atomic E-state index is 12.5. The van der Waals surface area contributed by atoms with E-state index in [2.05, 4.69) is 5.32 Å². The molecular formula is C16H17F3N2O4S. The van der Waals surface area contributed by atoms with E-state index >= 15 is 0 Å². The number of hydrogen-bond acceptors (Lipinski definition) is 4. The van der Waals surface area contributed by atoms with Crippen molar-refractivity contribution in [2.75, 3.05) is 19.6 Å². The van der Waals surface area contributed by atoms with Crippen LogP contribution in [0.5, 0.6) is 0 Å². The third-order valence-corrected chi connectivity index (χ3v) is 6.53. The average Bonchev–Trinajstić information content (AvgIpc) is 2.94. The van der Waals surface area contributed by atoms with Crippen LogP contribution in [0.15, 0.2) is 29.2 Å². The lowest BCUT2D eigenvalue weighted by Crippen LogP contribution is -2.44. The molecule has 1 aromatic rings. The van der Waals surface area contributed by atoms with Crippen LogP contribution in [0.4, 0.5) is 13.2 Å². The Hall–Kier alpha value is -2.10. The van der Waals surface area contributed by atoms with E-state index in [1.54, 1.807) is 4.90 Å². The number of carbonyl (C=O) groups excluding carboxylic acids is 2. The second-order valence-electron chi connectivity index (χ2n) is 6.72. The van der Waals surface area contributed by atoms with Crippen LogP contribution in [0, 0.1) is 5.41 Å². The van der Waals surface area contributed by atoms with Gasteiger partial charge < -0.3 is 10.2 Å². The number of nitrogens with one attached hydrogen (secondary N) is 1. The summed E-state index contributed by atoms with van der Waals surface area (Å²) in [5.41, 5.74) is -5.38. The van der Waals surface area contributed by atoms with Crippen LogP contribution in [0.2, 0.25) is 0 Å². The van der Waals surface area contributed by atoms with Crippen LogP contribution < -0.4 is 5.32 Å². The van der Waals surface area contributed by atoms with Gasteiger partial charge in [0.1, 0.15) is 0 Å². The first-order valence-corrected chi connectivity index (χ1v) is 9.50. The monoisotopic (exact) mass is 390 g/mol. The van der Waals surface area contributed by atoms with Gasteiger partial charge in [-0.25, -0.2) is 8.42 Å². The zero-order valence-corrected chi connectivity index (χ0v) is 14.5. The molecule has 0 atom stereocenters. The van der Waals surface area contributed by atoms with Crippen molar-refractivity contribution in [3.63, 3.8) is 0 Å². The van der Waals surface area contributed by atoms with E-state index in [0.717, 1.165) is 24.3 Å². The topological polar surface area (TPSA) is 83.6 Å². The van der Waals surface area contributed by atoms with Crippen molar-refractivity contribution in [2.24, 2.45) is 5.41 Å². The lowest BCUT2D eigenvalue weighted by atomic mass is 9.77. The van der Waals surface area contributed by atoms with E-state index in [1.807, 2.05) is 0 Å². The summed E-state index contributed by atoms with van der Waals surface area (Å²) in [6.07, 6.45) is 1.77. The second-order valence-corrected chi connectivity index (χ2v) is 8.66. The average molecular weight is 390 g/mol. The molecule has 1 N–H and O–H groups in total. The number of halogens is 3. The van der Waals surface area contributed by atoms with Crippen molar-refractivity contribution in [3.05, 3.63) is 29.8 Å². The van der Waals surface area contributed by atoms with Gasteiger partial charge in [-0.2, -0.15) is 13.2 Å². The third kappa shape index (κ3) is 3.29. The molecular weight excluding hydrogens is 373 g/mol. The number of alkyl halides is 3. The summed E-state index contributed by atoms with van der Waals surface area (Å²) in [4.78, 5) is 24.6. The Kier molecular flexibility index (Phi) is 4.50. The predicted molar refractivity (Wildman–Crippen MR) is 84.9 cm³/mol. The highest BCUT2D eigenvalue weighted by molar-refractivity contribution is 7.92. The molecule has 2 aliphatic rings. The summed E-state index contributed by atoms with van der Waals surface area (Å²) in [7, 11) is -5.43. The molecule has 0 unspecified atom stereocenters. The van der Waals surface area contributed by atoms with Crippen LogP contribution in [0.25, 0.3) is 0 Å². The van der Waals surface area contributed by atoms with Gasteiger partial charge in [0.05, 0.1) is 4.90 Å². The molecule has 0 radical (unpaired) electrons. The van der Waals surface area contributed by atoms with Crippen molar-refractivity contribution in [2.45, 2.75) is 29.7 Å². The molecule has 10 heteroatoms. The van der Waals surface area contributed by atoms with E-state index in [9.17, 15) is 31.2 Å². The van der Waals surface area contributed by atoms with E-state index in [0.29, 0.717) is 38.9 Å². The fourth-order valence-corrected chi connectivity index (χ4v) is 4.14. The maximum absolute atomic E-state index is 12.5. The minimum absolute atomic E-state index is 0.00578. The first kappa shape index (κ1) is 18.7. The zero-order chi connectivity index (χ0) is 19.2. The highest BCUT2D eigenvalue weighted by Crippen LogP contribution is 2.38. The lowest BCUT2D eigenvalue weighted by molar-refractivity contribution is -0.119. The molecule has 2 saturated heterocycles. The van der Waals surface area contributed by atoms with Gasteiger partial charge >= 0.3 is 5.51 Å². The minimum atomic E-state index is -5.43. The molecule has 0 saturated carbocycles. The highest BCUT2D eigenvalue weighted by atomic mass is 32.2. The van der Waals surface area contributed by atoms with Crippen LogP contribution in [0.1, 0.15) is 29.6 Å². The van der Waals surface area contributed by atoms with Gasteiger partial charge in [0, 0.05) is 31.6 Å². The number of carbonyl (C=O) groups is 2. The number of rotatable bonds is 2. The summed E-state index contributed by atoms with van der Waals surface area (Å²) in [5, 5.41) is 2.80. The summed E-state index contributed by atoms with van der Waals surface area (Å²) in [5.74, 6) is -0.362. The molecule has 2 aliphatic heterocycles. The normalized spacial score (nSPS) is 20.3. The minimum Gasteiger partial charge on any atom is -0.356 e. The fourth-order valence-electron chi connectivity index (χ4n) is 3.38. The van der Waals surface area contributed by atoms with Crippen LogP contribution in [-0.2, 0) is 14.6 Å². The van der Waals surface area contributed by atoms with Gasteiger partial charge in [-0.1, -0.05) is 0 Å². The molecule has 3 rings (SSSR count). The number of piperidine rings is 1. The van der Waals surface area contributed by atoms with Gasteiger partial charge in [-0.3, -0.25) is 9.59 Å². The number of sulfone groups is 1. The van der Waals surface area contributed by atoms with Crippen molar-refractivity contribution in [1.29, 1.82) is 0 Å². The van der Waals surface area contributed by atoms with Crippen molar-refractivity contribution < 1.29 is 31.2 Å². The van der Waals surface area contributed by atoms with E-state index in [-0.39, 0.29) is 22.8 Å². The van der Waals surface area contributed by atoms with Gasteiger partial charge in [0.2, 0.25) is 5.91 Å². The Morgan fingerprint density at radius 2 is 1.69 bits per heavy atom. The number of likely N-dealkylation sites (tertiary alicyclic amines) is 1. The van der Waals surface area contributed by atoms with E-state index < -0.39 is 20.2 Å².